The highest BCUT2D eigenvalue weighted by Crippen LogP contribution is 2.42. The molecule has 1 amide bonds. The first-order valence-corrected chi connectivity index (χ1v) is 11.4. The van der Waals surface area contributed by atoms with Gasteiger partial charge < -0.3 is 20.1 Å². The number of carbonyl (C=O) groups excluding carboxylic acids is 1. The number of carbonyl (C=O) groups is 1. The van der Waals surface area contributed by atoms with Crippen molar-refractivity contribution in [3.8, 4) is 0 Å². The van der Waals surface area contributed by atoms with Crippen molar-refractivity contribution in [2.45, 2.75) is 52.2 Å². The van der Waals surface area contributed by atoms with Gasteiger partial charge in [0, 0.05) is 41.9 Å². The normalized spacial score (nSPS) is 18.2. The van der Waals surface area contributed by atoms with Crippen LogP contribution in [0.4, 0.5) is 11.4 Å². The number of anilines is 2. The monoisotopic (exact) mass is 447 g/mol. The number of benzene rings is 1. The van der Waals surface area contributed by atoms with E-state index in [9.17, 15) is 4.79 Å². The number of amides is 1. The summed E-state index contributed by atoms with van der Waals surface area (Å²) in [5, 5.41) is 7.14. The zero-order valence-corrected chi connectivity index (χ0v) is 19.7. The van der Waals surface area contributed by atoms with Crippen molar-refractivity contribution in [1.82, 2.24) is 14.9 Å². The van der Waals surface area contributed by atoms with Crippen LogP contribution in [0.3, 0.4) is 0 Å². The van der Waals surface area contributed by atoms with Crippen molar-refractivity contribution in [3.63, 3.8) is 0 Å². The van der Waals surface area contributed by atoms with E-state index < -0.39 is 0 Å². The van der Waals surface area contributed by atoms with E-state index in [1.807, 2.05) is 50.4 Å². The Morgan fingerprint density at radius 3 is 2.69 bits per heavy atom. The molecule has 2 atom stereocenters. The predicted molar refractivity (Wildman–Crippen MR) is 133 cm³/mol. The molecule has 2 aromatic heterocycles. The van der Waals surface area contributed by atoms with E-state index in [0.717, 1.165) is 22.6 Å². The Hall–Kier alpha value is -3.19. The number of aryl methyl sites for hydroxylation is 1. The molecular formula is C25H29N5OS. The van der Waals surface area contributed by atoms with Gasteiger partial charge in [-0.15, -0.1) is 0 Å². The van der Waals surface area contributed by atoms with Gasteiger partial charge in [0.05, 0.1) is 11.7 Å². The SMILES string of the molecule is CCC(=O)Nc1ccc(N2C(=S)N[C@H](c3ccccn3)[C@@H]2c2cccn2C(C)C)cc1C. The number of hydrogen-bond donors (Lipinski definition) is 2. The van der Waals surface area contributed by atoms with Crippen LogP contribution in [0, 0.1) is 6.92 Å². The Morgan fingerprint density at radius 2 is 2.03 bits per heavy atom. The number of aromatic nitrogens is 2. The maximum Gasteiger partial charge on any atom is 0.224 e. The minimum atomic E-state index is -0.0872. The van der Waals surface area contributed by atoms with Crippen LogP contribution in [0.15, 0.2) is 60.9 Å². The molecule has 1 aliphatic heterocycles. The van der Waals surface area contributed by atoms with Crippen LogP contribution in [-0.2, 0) is 4.79 Å². The van der Waals surface area contributed by atoms with Crippen LogP contribution in [0.1, 0.15) is 62.3 Å². The molecule has 0 radical (unpaired) electrons. The fourth-order valence-electron chi connectivity index (χ4n) is 4.24. The average molecular weight is 448 g/mol. The van der Waals surface area contributed by atoms with Gasteiger partial charge in [-0.2, -0.15) is 0 Å². The van der Waals surface area contributed by atoms with E-state index in [2.05, 4.69) is 63.3 Å². The van der Waals surface area contributed by atoms with Gasteiger partial charge in [-0.1, -0.05) is 13.0 Å². The number of nitrogens with zero attached hydrogens (tertiary/aromatic N) is 3. The molecule has 7 heteroatoms. The Kier molecular flexibility index (Phi) is 6.28. The van der Waals surface area contributed by atoms with Gasteiger partial charge in [0.1, 0.15) is 6.04 Å². The number of pyridine rings is 1. The van der Waals surface area contributed by atoms with Crippen molar-refractivity contribution in [1.29, 1.82) is 0 Å². The Morgan fingerprint density at radius 1 is 1.22 bits per heavy atom. The molecule has 1 aromatic carbocycles. The lowest BCUT2D eigenvalue weighted by atomic mass is 10.00. The molecule has 0 unspecified atom stereocenters. The van der Waals surface area contributed by atoms with E-state index in [0.29, 0.717) is 17.6 Å². The summed E-state index contributed by atoms with van der Waals surface area (Å²) in [7, 11) is 0. The lowest BCUT2D eigenvalue weighted by molar-refractivity contribution is -0.115. The number of nitrogens with one attached hydrogen (secondary N) is 2. The third-order valence-electron chi connectivity index (χ3n) is 5.85. The zero-order valence-electron chi connectivity index (χ0n) is 18.9. The third-order valence-corrected chi connectivity index (χ3v) is 6.17. The van der Waals surface area contributed by atoms with Crippen molar-refractivity contribution in [3.05, 3.63) is 77.9 Å². The van der Waals surface area contributed by atoms with E-state index in [1.165, 1.54) is 5.69 Å². The van der Waals surface area contributed by atoms with Crippen molar-refractivity contribution in [2.75, 3.05) is 10.2 Å². The van der Waals surface area contributed by atoms with E-state index >= 15 is 0 Å². The molecule has 166 valence electrons. The molecular weight excluding hydrogens is 418 g/mol. The van der Waals surface area contributed by atoms with Crippen LogP contribution in [0.25, 0.3) is 0 Å². The Labute approximate surface area is 194 Å². The van der Waals surface area contributed by atoms with Gasteiger partial charge in [-0.25, -0.2) is 0 Å². The molecule has 1 fully saturated rings. The average Bonchev–Trinajstić information content (AvgIpc) is 3.40. The molecule has 4 rings (SSSR count). The number of thiocarbonyl (C=S) groups is 1. The van der Waals surface area contributed by atoms with Crippen LogP contribution in [0.5, 0.6) is 0 Å². The van der Waals surface area contributed by atoms with Gasteiger partial charge >= 0.3 is 0 Å². The van der Waals surface area contributed by atoms with E-state index in [1.54, 1.807) is 0 Å². The predicted octanol–water partition coefficient (Wildman–Crippen LogP) is 5.30. The molecule has 6 nitrogen and oxygen atoms in total. The summed E-state index contributed by atoms with van der Waals surface area (Å²) in [4.78, 5) is 18.7. The van der Waals surface area contributed by atoms with Gasteiger partial charge in [0.25, 0.3) is 0 Å². The van der Waals surface area contributed by atoms with E-state index in [-0.39, 0.29) is 18.0 Å². The fourth-order valence-corrected chi connectivity index (χ4v) is 4.58. The maximum absolute atomic E-state index is 11.9. The molecule has 0 aliphatic carbocycles. The second-order valence-corrected chi connectivity index (χ2v) is 8.72. The van der Waals surface area contributed by atoms with Crippen LogP contribution in [-0.4, -0.2) is 20.6 Å². The molecule has 32 heavy (non-hydrogen) atoms. The highest BCUT2D eigenvalue weighted by molar-refractivity contribution is 7.80. The largest absolute Gasteiger partial charge is 0.351 e. The van der Waals surface area contributed by atoms with Crippen LogP contribution < -0.4 is 15.5 Å². The second-order valence-electron chi connectivity index (χ2n) is 8.33. The van der Waals surface area contributed by atoms with Crippen molar-refractivity contribution in [2.24, 2.45) is 0 Å². The van der Waals surface area contributed by atoms with Crippen LogP contribution in [0.2, 0.25) is 0 Å². The lowest BCUT2D eigenvalue weighted by Crippen LogP contribution is -2.30. The summed E-state index contributed by atoms with van der Waals surface area (Å²) in [5.74, 6) is 0.00191. The minimum Gasteiger partial charge on any atom is -0.351 e. The molecule has 3 heterocycles. The molecule has 3 aromatic rings. The molecule has 2 N–H and O–H groups in total. The smallest absolute Gasteiger partial charge is 0.224 e. The Balaban J connectivity index is 1.79. The standard InChI is InChI=1S/C25H29N5OS/c1-5-22(31)27-19-12-11-18(15-17(19)4)30-24(21-10-8-14-29(21)16(2)3)23(28-25(30)32)20-9-6-7-13-26-20/h6-16,23-24H,5H2,1-4H3,(H,27,31)(H,28,32)/t23-,24+/m1/s1. The van der Waals surface area contributed by atoms with Crippen molar-refractivity contribution >= 4 is 34.6 Å². The Bertz CT molecular complexity index is 1120. The highest BCUT2D eigenvalue weighted by atomic mass is 32.1. The topological polar surface area (TPSA) is 62.2 Å². The minimum absolute atomic E-state index is 0.00191. The zero-order chi connectivity index (χ0) is 22.8. The first-order chi connectivity index (χ1) is 15.4. The van der Waals surface area contributed by atoms with Gasteiger partial charge in [-0.05, 0) is 81.0 Å². The summed E-state index contributed by atoms with van der Waals surface area (Å²) in [6.45, 7) is 8.21. The second kappa shape index (κ2) is 9.12. The summed E-state index contributed by atoms with van der Waals surface area (Å²) in [5.41, 5.74) is 4.91. The molecule has 1 saturated heterocycles. The van der Waals surface area contributed by atoms with Crippen LogP contribution >= 0.6 is 12.2 Å². The molecule has 0 bridgehead atoms. The molecule has 0 spiro atoms. The number of rotatable bonds is 6. The molecule has 1 aliphatic rings. The first kappa shape index (κ1) is 22.0. The van der Waals surface area contributed by atoms with Gasteiger partial charge in [0.2, 0.25) is 5.91 Å². The van der Waals surface area contributed by atoms with E-state index in [4.69, 9.17) is 12.2 Å². The third kappa shape index (κ3) is 4.12. The highest BCUT2D eigenvalue weighted by Gasteiger charge is 2.42. The molecule has 0 saturated carbocycles. The maximum atomic E-state index is 11.9. The summed E-state index contributed by atoms with van der Waals surface area (Å²) in [6, 6.07) is 16.4. The summed E-state index contributed by atoms with van der Waals surface area (Å²) >= 11 is 5.83. The lowest BCUT2D eigenvalue weighted by Gasteiger charge is -2.30. The quantitative estimate of drug-likeness (QED) is 0.502. The number of hydrogen-bond acceptors (Lipinski definition) is 3. The van der Waals surface area contributed by atoms with Crippen molar-refractivity contribution < 1.29 is 4.79 Å². The van der Waals surface area contributed by atoms with Gasteiger partial charge in [0.15, 0.2) is 5.11 Å². The summed E-state index contributed by atoms with van der Waals surface area (Å²) < 4.78 is 2.28. The fraction of sp³-hybridized carbons (Fsp3) is 0.320. The summed E-state index contributed by atoms with van der Waals surface area (Å²) in [6.07, 6.45) is 4.38. The first-order valence-electron chi connectivity index (χ1n) is 11.0. The van der Waals surface area contributed by atoms with Gasteiger partial charge in [-0.3, -0.25) is 9.78 Å².